The van der Waals surface area contributed by atoms with Crippen molar-refractivity contribution in [2.45, 2.75) is 20.5 Å². The lowest BCUT2D eigenvalue weighted by Gasteiger charge is -2.10. The van der Waals surface area contributed by atoms with E-state index >= 15 is 0 Å². The lowest BCUT2D eigenvalue weighted by Crippen LogP contribution is -2.17. The Balaban J connectivity index is 1.80. The Morgan fingerprint density at radius 2 is 1.73 bits per heavy atom. The molecule has 0 spiro atoms. The van der Waals surface area contributed by atoms with E-state index in [9.17, 15) is 4.79 Å². The van der Waals surface area contributed by atoms with Crippen LogP contribution in [0, 0.1) is 6.92 Å². The summed E-state index contributed by atoms with van der Waals surface area (Å²) in [6, 6.07) is 19.1. The van der Waals surface area contributed by atoms with Crippen molar-refractivity contribution >= 4 is 11.9 Å². The lowest BCUT2D eigenvalue weighted by molar-refractivity contribution is 0.155. The summed E-state index contributed by atoms with van der Waals surface area (Å²) in [7, 11) is 0. The van der Waals surface area contributed by atoms with E-state index in [2.05, 4.69) is 10.4 Å². The predicted molar refractivity (Wildman–Crippen MR) is 99.7 cm³/mol. The van der Waals surface area contributed by atoms with E-state index in [0.29, 0.717) is 18.3 Å². The van der Waals surface area contributed by atoms with Gasteiger partial charge in [-0.25, -0.2) is 9.48 Å². The average Bonchev–Trinajstić information content (AvgIpc) is 2.98. The smallest absolute Gasteiger partial charge is 0.413 e. The molecule has 0 aliphatic carbocycles. The second-order valence-electron chi connectivity index (χ2n) is 5.65. The van der Waals surface area contributed by atoms with Crippen molar-refractivity contribution in [3.05, 3.63) is 71.8 Å². The molecule has 0 saturated heterocycles. The van der Waals surface area contributed by atoms with Gasteiger partial charge in [-0.3, -0.25) is 5.32 Å². The molecule has 1 aromatic heterocycles. The number of hydrogen-bond donors (Lipinski definition) is 1. The fourth-order valence-corrected chi connectivity index (χ4v) is 2.51. The van der Waals surface area contributed by atoms with E-state index in [1.807, 2.05) is 74.5 Å². The standard InChI is InChI=1S/C20H21N3O3/c1-3-25-19-15(2)18(23(22-19)17-12-8-5-9-13-17)21-20(24)26-14-16-10-6-4-7-11-16/h4-13H,3,14H2,1-2H3,(H,21,24). The van der Waals surface area contributed by atoms with Crippen LogP contribution in [-0.2, 0) is 11.3 Å². The van der Waals surface area contributed by atoms with Gasteiger partial charge in [-0.05, 0) is 31.5 Å². The minimum Gasteiger partial charge on any atom is -0.477 e. The molecule has 1 heterocycles. The van der Waals surface area contributed by atoms with Crippen LogP contribution in [0.2, 0.25) is 0 Å². The minimum atomic E-state index is -0.544. The largest absolute Gasteiger partial charge is 0.477 e. The molecule has 0 radical (unpaired) electrons. The number of amides is 1. The molecule has 0 atom stereocenters. The topological polar surface area (TPSA) is 65.4 Å². The molecule has 2 aromatic carbocycles. The first-order chi connectivity index (χ1) is 12.7. The molecule has 6 heteroatoms. The molecule has 134 valence electrons. The average molecular weight is 351 g/mol. The number of nitrogens with zero attached hydrogens (tertiary/aromatic N) is 2. The summed E-state index contributed by atoms with van der Waals surface area (Å²) in [5.74, 6) is 1.01. The zero-order chi connectivity index (χ0) is 18.4. The van der Waals surface area contributed by atoms with E-state index in [1.165, 1.54) is 0 Å². The van der Waals surface area contributed by atoms with Crippen molar-refractivity contribution in [2.75, 3.05) is 11.9 Å². The summed E-state index contributed by atoms with van der Waals surface area (Å²) < 4.78 is 12.5. The highest BCUT2D eigenvalue weighted by molar-refractivity contribution is 5.85. The zero-order valence-electron chi connectivity index (χ0n) is 14.8. The normalized spacial score (nSPS) is 10.4. The predicted octanol–water partition coefficient (Wildman–Crippen LogP) is 4.33. The third-order valence-electron chi connectivity index (χ3n) is 3.79. The molecular formula is C20H21N3O3. The van der Waals surface area contributed by atoms with Gasteiger partial charge in [0.1, 0.15) is 12.4 Å². The fraction of sp³-hybridized carbons (Fsp3) is 0.200. The quantitative estimate of drug-likeness (QED) is 0.718. The molecule has 3 aromatic rings. The zero-order valence-corrected chi connectivity index (χ0v) is 14.8. The Hall–Kier alpha value is -3.28. The summed E-state index contributed by atoms with van der Waals surface area (Å²) in [4.78, 5) is 12.3. The first-order valence-corrected chi connectivity index (χ1v) is 8.44. The summed E-state index contributed by atoms with van der Waals surface area (Å²) in [6.45, 7) is 4.43. The van der Waals surface area contributed by atoms with Crippen molar-refractivity contribution in [1.29, 1.82) is 0 Å². The molecular weight excluding hydrogens is 330 g/mol. The number of nitrogens with one attached hydrogen (secondary N) is 1. The van der Waals surface area contributed by atoms with Gasteiger partial charge in [0.05, 0.1) is 17.9 Å². The Morgan fingerprint density at radius 1 is 1.08 bits per heavy atom. The number of aromatic nitrogens is 2. The highest BCUT2D eigenvalue weighted by atomic mass is 16.5. The number of para-hydroxylation sites is 1. The minimum absolute atomic E-state index is 0.198. The van der Waals surface area contributed by atoms with Crippen LogP contribution in [0.4, 0.5) is 10.6 Å². The molecule has 1 amide bonds. The SMILES string of the molecule is CCOc1nn(-c2ccccc2)c(NC(=O)OCc2ccccc2)c1C. The van der Waals surface area contributed by atoms with Gasteiger partial charge in [-0.15, -0.1) is 5.10 Å². The third kappa shape index (κ3) is 4.03. The molecule has 0 aliphatic rings. The van der Waals surface area contributed by atoms with Gasteiger partial charge in [0, 0.05) is 0 Å². The second-order valence-corrected chi connectivity index (χ2v) is 5.65. The molecule has 26 heavy (non-hydrogen) atoms. The summed E-state index contributed by atoms with van der Waals surface area (Å²) in [5.41, 5.74) is 2.48. The van der Waals surface area contributed by atoms with Crippen molar-refractivity contribution in [1.82, 2.24) is 9.78 Å². The van der Waals surface area contributed by atoms with Crippen LogP contribution in [0.1, 0.15) is 18.1 Å². The molecule has 0 unspecified atom stereocenters. The fourth-order valence-electron chi connectivity index (χ4n) is 2.51. The van der Waals surface area contributed by atoms with Gasteiger partial charge >= 0.3 is 6.09 Å². The second kappa shape index (κ2) is 8.20. The highest BCUT2D eigenvalue weighted by Crippen LogP contribution is 2.28. The summed E-state index contributed by atoms with van der Waals surface area (Å²) >= 11 is 0. The molecule has 6 nitrogen and oxygen atoms in total. The maximum Gasteiger partial charge on any atom is 0.413 e. The van der Waals surface area contributed by atoms with Crippen LogP contribution >= 0.6 is 0 Å². The maximum absolute atomic E-state index is 12.3. The number of carbonyl (C=O) groups excluding carboxylic acids is 1. The first kappa shape index (κ1) is 17.5. The monoisotopic (exact) mass is 351 g/mol. The highest BCUT2D eigenvalue weighted by Gasteiger charge is 2.19. The molecule has 3 rings (SSSR count). The van der Waals surface area contributed by atoms with Crippen molar-refractivity contribution in [3.63, 3.8) is 0 Å². The van der Waals surface area contributed by atoms with Crippen LogP contribution < -0.4 is 10.1 Å². The Morgan fingerprint density at radius 3 is 2.38 bits per heavy atom. The summed E-state index contributed by atoms with van der Waals surface area (Å²) in [6.07, 6.45) is -0.544. The molecule has 1 N–H and O–H groups in total. The third-order valence-corrected chi connectivity index (χ3v) is 3.79. The molecule has 0 saturated carbocycles. The van der Waals surface area contributed by atoms with Gasteiger partial charge in [0.15, 0.2) is 0 Å². The Bertz CT molecular complexity index is 861. The van der Waals surface area contributed by atoms with Gasteiger partial charge < -0.3 is 9.47 Å². The van der Waals surface area contributed by atoms with Crippen molar-refractivity contribution in [2.24, 2.45) is 0 Å². The number of rotatable bonds is 6. The molecule has 0 aliphatic heterocycles. The van der Waals surface area contributed by atoms with Gasteiger partial charge in [-0.2, -0.15) is 0 Å². The van der Waals surface area contributed by atoms with Crippen LogP contribution in [0.3, 0.4) is 0 Å². The number of carbonyl (C=O) groups is 1. The first-order valence-electron chi connectivity index (χ1n) is 8.44. The van der Waals surface area contributed by atoms with E-state index in [1.54, 1.807) is 4.68 Å². The number of anilines is 1. The Labute approximate surface area is 152 Å². The lowest BCUT2D eigenvalue weighted by atomic mass is 10.2. The molecule has 0 fully saturated rings. The summed E-state index contributed by atoms with van der Waals surface area (Å²) in [5, 5.41) is 7.25. The van der Waals surface area contributed by atoms with Gasteiger partial charge in [0.2, 0.25) is 5.88 Å². The van der Waals surface area contributed by atoms with E-state index in [-0.39, 0.29) is 6.61 Å². The van der Waals surface area contributed by atoms with Gasteiger partial charge in [-0.1, -0.05) is 48.5 Å². The molecule has 0 bridgehead atoms. The number of hydrogen-bond acceptors (Lipinski definition) is 4. The van der Waals surface area contributed by atoms with Crippen LogP contribution in [-0.4, -0.2) is 22.5 Å². The maximum atomic E-state index is 12.3. The van der Waals surface area contributed by atoms with Crippen LogP contribution in [0.5, 0.6) is 5.88 Å². The van der Waals surface area contributed by atoms with E-state index < -0.39 is 6.09 Å². The Kier molecular flexibility index (Phi) is 5.53. The van der Waals surface area contributed by atoms with Crippen molar-refractivity contribution in [3.8, 4) is 11.6 Å². The number of benzene rings is 2. The number of ether oxygens (including phenoxy) is 2. The van der Waals surface area contributed by atoms with Crippen LogP contribution in [0.25, 0.3) is 5.69 Å². The van der Waals surface area contributed by atoms with E-state index in [0.717, 1.165) is 16.8 Å². The van der Waals surface area contributed by atoms with Gasteiger partial charge in [0.25, 0.3) is 0 Å². The van der Waals surface area contributed by atoms with Crippen molar-refractivity contribution < 1.29 is 14.3 Å². The van der Waals surface area contributed by atoms with Crippen LogP contribution in [0.15, 0.2) is 60.7 Å². The van der Waals surface area contributed by atoms with E-state index in [4.69, 9.17) is 9.47 Å².